The minimum absolute atomic E-state index is 0.00485. The smallest absolute Gasteiger partial charge is 0.372 e. The highest BCUT2D eigenvalue weighted by molar-refractivity contribution is 6.31. The maximum absolute atomic E-state index is 11.2. The minimum Gasteiger partial charge on any atom is -0.475 e. The third kappa shape index (κ3) is 2.03. The van der Waals surface area contributed by atoms with E-state index in [1.807, 2.05) is 20.8 Å². The maximum Gasteiger partial charge on any atom is 0.372 e. The van der Waals surface area contributed by atoms with Gasteiger partial charge in [-0.2, -0.15) is 0 Å². The first kappa shape index (κ1) is 12.0. The molecule has 0 saturated heterocycles. The highest BCUT2D eigenvalue weighted by Crippen LogP contribution is 2.36. The van der Waals surface area contributed by atoms with E-state index in [4.69, 9.17) is 16.0 Å². The van der Waals surface area contributed by atoms with Crippen LogP contribution in [0.4, 0.5) is 0 Å². The average molecular weight is 253 g/mol. The molecular formula is C13H13ClO3. The zero-order chi connectivity index (χ0) is 12.8. The zero-order valence-electron chi connectivity index (χ0n) is 9.87. The number of carboxylic acids is 1. The fourth-order valence-electron chi connectivity index (χ4n) is 1.97. The molecule has 2 aromatic rings. The zero-order valence-corrected chi connectivity index (χ0v) is 10.6. The van der Waals surface area contributed by atoms with Gasteiger partial charge in [-0.15, -0.1) is 0 Å². The van der Waals surface area contributed by atoms with Crippen LogP contribution in [-0.2, 0) is 5.41 Å². The van der Waals surface area contributed by atoms with Crippen molar-refractivity contribution < 1.29 is 14.3 Å². The molecule has 0 aliphatic rings. The van der Waals surface area contributed by atoms with Crippen LogP contribution >= 0.6 is 11.6 Å². The molecule has 0 bridgehead atoms. The van der Waals surface area contributed by atoms with E-state index in [0.717, 1.165) is 5.39 Å². The molecule has 0 aliphatic heterocycles. The van der Waals surface area contributed by atoms with Crippen LogP contribution in [-0.4, -0.2) is 11.1 Å². The molecule has 4 heteroatoms. The molecule has 1 aromatic carbocycles. The second-order valence-corrected chi connectivity index (χ2v) is 5.44. The number of halogens is 1. The summed E-state index contributed by atoms with van der Waals surface area (Å²) in [5.74, 6) is -1.06. The lowest BCUT2D eigenvalue weighted by Gasteiger charge is -2.17. The molecule has 0 amide bonds. The molecule has 2 rings (SSSR count). The summed E-state index contributed by atoms with van der Waals surface area (Å²) in [5, 5.41) is 10.5. The lowest BCUT2D eigenvalue weighted by Crippen LogP contribution is -2.15. The van der Waals surface area contributed by atoms with Gasteiger partial charge in [0.15, 0.2) is 0 Å². The number of hydrogen-bond acceptors (Lipinski definition) is 2. The predicted molar refractivity (Wildman–Crippen MR) is 66.9 cm³/mol. The summed E-state index contributed by atoms with van der Waals surface area (Å²) in [5.41, 5.74) is 0.920. The standard InChI is InChI=1S/C13H13ClO3/c1-13(2,3)10-8-5-4-7(14)6-9(8)17-11(10)12(15)16/h4-6H,1-3H3,(H,15,16). The molecule has 0 saturated carbocycles. The highest BCUT2D eigenvalue weighted by Gasteiger charge is 2.28. The Labute approximate surface area is 104 Å². The summed E-state index contributed by atoms with van der Waals surface area (Å²) >= 11 is 5.87. The van der Waals surface area contributed by atoms with E-state index in [1.165, 1.54) is 0 Å². The Bertz CT molecular complexity index is 590. The Morgan fingerprint density at radius 3 is 2.53 bits per heavy atom. The van der Waals surface area contributed by atoms with Crippen LogP contribution in [0.5, 0.6) is 0 Å². The molecule has 1 heterocycles. The van der Waals surface area contributed by atoms with E-state index < -0.39 is 5.97 Å². The molecular weight excluding hydrogens is 240 g/mol. The monoisotopic (exact) mass is 252 g/mol. The maximum atomic E-state index is 11.2. The van der Waals surface area contributed by atoms with Crippen molar-refractivity contribution in [1.82, 2.24) is 0 Å². The topological polar surface area (TPSA) is 50.4 Å². The molecule has 0 unspecified atom stereocenters. The van der Waals surface area contributed by atoms with E-state index in [2.05, 4.69) is 0 Å². The third-order valence-corrected chi connectivity index (χ3v) is 2.83. The van der Waals surface area contributed by atoms with Gasteiger partial charge in [-0.3, -0.25) is 0 Å². The van der Waals surface area contributed by atoms with E-state index in [1.54, 1.807) is 18.2 Å². The summed E-state index contributed by atoms with van der Waals surface area (Å²) in [7, 11) is 0. The summed E-state index contributed by atoms with van der Waals surface area (Å²) in [4.78, 5) is 11.2. The number of hydrogen-bond donors (Lipinski definition) is 1. The predicted octanol–water partition coefficient (Wildman–Crippen LogP) is 4.08. The fourth-order valence-corrected chi connectivity index (χ4v) is 2.13. The van der Waals surface area contributed by atoms with Crippen LogP contribution in [0, 0.1) is 0 Å². The third-order valence-electron chi connectivity index (χ3n) is 2.60. The van der Waals surface area contributed by atoms with Crippen molar-refractivity contribution in [1.29, 1.82) is 0 Å². The largest absolute Gasteiger partial charge is 0.475 e. The number of carbonyl (C=O) groups is 1. The van der Waals surface area contributed by atoms with Crippen molar-refractivity contribution in [3.8, 4) is 0 Å². The molecule has 3 nitrogen and oxygen atoms in total. The molecule has 90 valence electrons. The highest BCUT2D eigenvalue weighted by atomic mass is 35.5. The van der Waals surface area contributed by atoms with Gasteiger partial charge >= 0.3 is 5.97 Å². The van der Waals surface area contributed by atoms with Crippen molar-refractivity contribution in [3.63, 3.8) is 0 Å². The van der Waals surface area contributed by atoms with Gasteiger partial charge < -0.3 is 9.52 Å². The molecule has 1 aromatic heterocycles. The number of furan rings is 1. The quantitative estimate of drug-likeness (QED) is 0.832. The van der Waals surface area contributed by atoms with E-state index in [-0.39, 0.29) is 11.2 Å². The first-order valence-electron chi connectivity index (χ1n) is 5.26. The summed E-state index contributed by atoms with van der Waals surface area (Å²) < 4.78 is 5.38. The SMILES string of the molecule is CC(C)(C)c1c(C(=O)O)oc2cc(Cl)ccc12. The van der Waals surface area contributed by atoms with E-state index in [9.17, 15) is 9.90 Å². The Balaban J connectivity index is 2.86. The Morgan fingerprint density at radius 1 is 1.35 bits per heavy atom. The Kier molecular flexibility index (Phi) is 2.66. The first-order chi connectivity index (χ1) is 7.80. The molecule has 0 spiro atoms. The van der Waals surface area contributed by atoms with E-state index >= 15 is 0 Å². The lowest BCUT2D eigenvalue weighted by atomic mass is 9.85. The second-order valence-electron chi connectivity index (χ2n) is 5.00. The molecule has 0 aliphatic carbocycles. The van der Waals surface area contributed by atoms with Gasteiger partial charge in [-0.25, -0.2) is 4.79 Å². The lowest BCUT2D eigenvalue weighted by molar-refractivity contribution is 0.0661. The van der Waals surface area contributed by atoms with E-state index in [0.29, 0.717) is 16.2 Å². The second kappa shape index (κ2) is 3.77. The number of benzene rings is 1. The molecule has 17 heavy (non-hydrogen) atoms. The average Bonchev–Trinajstić information content (AvgIpc) is 2.55. The van der Waals surface area contributed by atoms with Gasteiger partial charge in [0.1, 0.15) is 5.58 Å². The first-order valence-corrected chi connectivity index (χ1v) is 5.64. The number of fused-ring (bicyclic) bond motifs is 1. The van der Waals surface area contributed by atoms with Crippen LogP contribution in [0.15, 0.2) is 22.6 Å². The van der Waals surface area contributed by atoms with Gasteiger partial charge in [0.25, 0.3) is 0 Å². The molecule has 1 N–H and O–H groups in total. The van der Waals surface area contributed by atoms with Gasteiger partial charge in [-0.05, 0) is 17.5 Å². The van der Waals surface area contributed by atoms with Crippen LogP contribution in [0.2, 0.25) is 5.02 Å². The van der Waals surface area contributed by atoms with Crippen LogP contribution < -0.4 is 0 Å². The summed E-state index contributed by atoms with van der Waals surface area (Å²) in [6.07, 6.45) is 0. The number of carboxylic acid groups (broad SMARTS) is 1. The van der Waals surface area contributed by atoms with Gasteiger partial charge in [0, 0.05) is 22.0 Å². The van der Waals surface area contributed by atoms with Gasteiger partial charge in [-0.1, -0.05) is 32.4 Å². The van der Waals surface area contributed by atoms with Gasteiger partial charge in [0.2, 0.25) is 5.76 Å². The minimum atomic E-state index is -1.05. The Morgan fingerprint density at radius 2 is 2.00 bits per heavy atom. The van der Waals surface area contributed by atoms with Crippen molar-refractivity contribution in [3.05, 3.63) is 34.5 Å². The van der Waals surface area contributed by atoms with Crippen molar-refractivity contribution in [2.75, 3.05) is 0 Å². The van der Waals surface area contributed by atoms with Crippen molar-refractivity contribution in [2.45, 2.75) is 26.2 Å². The summed E-state index contributed by atoms with van der Waals surface area (Å²) in [6.45, 7) is 5.87. The molecule has 0 radical (unpaired) electrons. The van der Waals surface area contributed by atoms with Gasteiger partial charge in [0.05, 0.1) is 0 Å². The number of rotatable bonds is 1. The van der Waals surface area contributed by atoms with Crippen LogP contribution in [0.1, 0.15) is 36.9 Å². The van der Waals surface area contributed by atoms with Crippen molar-refractivity contribution >= 4 is 28.5 Å². The normalized spacial score (nSPS) is 12.0. The van der Waals surface area contributed by atoms with Crippen molar-refractivity contribution in [2.24, 2.45) is 0 Å². The Hall–Kier alpha value is -1.48. The van der Waals surface area contributed by atoms with Crippen LogP contribution in [0.25, 0.3) is 11.0 Å². The number of aromatic carboxylic acids is 1. The molecule has 0 fully saturated rings. The summed E-state index contributed by atoms with van der Waals surface area (Å²) in [6, 6.07) is 5.17. The van der Waals surface area contributed by atoms with Crippen LogP contribution in [0.3, 0.4) is 0 Å². The molecule has 0 atom stereocenters. The fraction of sp³-hybridized carbons (Fsp3) is 0.308.